The number of aromatic nitrogens is 1. The van der Waals surface area contributed by atoms with Gasteiger partial charge in [-0.1, -0.05) is 41.7 Å². The highest BCUT2D eigenvalue weighted by Gasteiger charge is 2.30. The Morgan fingerprint density at radius 2 is 1.88 bits per heavy atom. The predicted molar refractivity (Wildman–Crippen MR) is 93.3 cm³/mol. The summed E-state index contributed by atoms with van der Waals surface area (Å²) in [6, 6.07) is 16.0. The van der Waals surface area contributed by atoms with Gasteiger partial charge in [-0.25, -0.2) is 9.37 Å². The van der Waals surface area contributed by atoms with E-state index in [1.165, 1.54) is 23.5 Å². The molecule has 0 bridgehead atoms. The van der Waals surface area contributed by atoms with Gasteiger partial charge >= 0.3 is 0 Å². The molecular formula is C18H14FN3OS. The summed E-state index contributed by atoms with van der Waals surface area (Å²) in [5.41, 5.74) is 1.86. The second kappa shape index (κ2) is 6.05. The van der Waals surface area contributed by atoms with Gasteiger partial charge < -0.3 is 10.6 Å². The number of rotatable bonds is 3. The van der Waals surface area contributed by atoms with Gasteiger partial charge in [0.25, 0.3) is 0 Å². The lowest BCUT2D eigenvalue weighted by Gasteiger charge is -2.21. The van der Waals surface area contributed by atoms with Crippen molar-refractivity contribution in [1.29, 1.82) is 0 Å². The summed E-state index contributed by atoms with van der Waals surface area (Å²) in [5, 5.41) is 6.80. The Kier molecular flexibility index (Phi) is 3.74. The molecule has 120 valence electrons. The van der Waals surface area contributed by atoms with E-state index in [9.17, 15) is 9.18 Å². The first-order valence-corrected chi connectivity index (χ1v) is 8.39. The molecule has 1 aliphatic rings. The lowest BCUT2D eigenvalue weighted by atomic mass is 9.92. The monoisotopic (exact) mass is 339 g/mol. The molecule has 3 aromatic rings. The topological polar surface area (TPSA) is 54.0 Å². The molecular weight excluding hydrogens is 325 g/mol. The molecule has 0 saturated carbocycles. The molecule has 0 aliphatic carbocycles. The van der Waals surface area contributed by atoms with Crippen LogP contribution in [0.3, 0.4) is 0 Å². The molecule has 24 heavy (non-hydrogen) atoms. The highest BCUT2D eigenvalue weighted by atomic mass is 32.1. The normalized spacial score (nSPS) is 16.4. The van der Waals surface area contributed by atoms with Crippen LogP contribution in [0.15, 0.2) is 54.6 Å². The number of para-hydroxylation sites is 1. The number of amides is 1. The number of anilines is 3. The van der Waals surface area contributed by atoms with Crippen LogP contribution >= 0.6 is 11.3 Å². The first kappa shape index (κ1) is 14.8. The maximum Gasteiger partial charge on any atom is 0.226 e. The number of hydrogen-bond acceptors (Lipinski definition) is 4. The van der Waals surface area contributed by atoms with Gasteiger partial charge in [-0.3, -0.25) is 4.79 Å². The molecule has 2 aromatic carbocycles. The predicted octanol–water partition coefficient (Wildman–Crippen LogP) is 4.50. The molecule has 2 heterocycles. The number of hydrogen-bond donors (Lipinski definition) is 2. The minimum absolute atomic E-state index is 0.0756. The molecule has 0 spiro atoms. The fourth-order valence-corrected chi connectivity index (χ4v) is 3.85. The van der Waals surface area contributed by atoms with Crippen LogP contribution in [0.2, 0.25) is 0 Å². The maximum absolute atomic E-state index is 13.2. The summed E-state index contributed by atoms with van der Waals surface area (Å²) in [6.07, 6.45) is 0.339. The highest BCUT2D eigenvalue weighted by Crippen LogP contribution is 2.42. The van der Waals surface area contributed by atoms with Crippen LogP contribution in [0.25, 0.3) is 0 Å². The highest BCUT2D eigenvalue weighted by molar-refractivity contribution is 7.16. The van der Waals surface area contributed by atoms with Crippen molar-refractivity contribution < 1.29 is 9.18 Å². The molecule has 0 radical (unpaired) electrons. The van der Waals surface area contributed by atoms with E-state index in [4.69, 9.17) is 0 Å². The van der Waals surface area contributed by atoms with Gasteiger partial charge in [0.15, 0.2) is 5.13 Å². The standard InChI is InChI=1S/C18H14FN3OS/c19-12-8-6-11(7-9-12)14-10-15(23)21-17-16(14)24-18(22-17)20-13-4-2-1-3-5-13/h1-9,14H,10H2,(H,20,22)(H,21,23). The van der Waals surface area contributed by atoms with Crippen molar-refractivity contribution in [3.8, 4) is 0 Å². The van der Waals surface area contributed by atoms with Crippen molar-refractivity contribution >= 4 is 33.9 Å². The maximum atomic E-state index is 13.2. The van der Waals surface area contributed by atoms with E-state index in [-0.39, 0.29) is 17.6 Å². The summed E-state index contributed by atoms with van der Waals surface area (Å²) in [6.45, 7) is 0. The molecule has 1 atom stereocenters. The Balaban J connectivity index is 1.68. The lowest BCUT2D eigenvalue weighted by molar-refractivity contribution is -0.116. The Morgan fingerprint density at radius 1 is 1.12 bits per heavy atom. The van der Waals surface area contributed by atoms with E-state index in [0.29, 0.717) is 12.2 Å². The quantitative estimate of drug-likeness (QED) is 0.739. The first-order valence-electron chi connectivity index (χ1n) is 7.57. The Hall–Kier alpha value is -2.73. The van der Waals surface area contributed by atoms with Crippen LogP contribution in [0.5, 0.6) is 0 Å². The Labute approximate surface area is 142 Å². The number of carbonyl (C=O) groups is 1. The third kappa shape index (κ3) is 2.88. The van der Waals surface area contributed by atoms with Crippen LogP contribution in [0, 0.1) is 5.82 Å². The SMILES string of the molecule is O=C1CC(c2ccc(F)cc2)c2sc(Nc3ccccc3)nc2N1. The molecule has 0 saturated heterocycles. The second-order valence-corrected chi connectivity index (χ2v) is 6.61. The molecule has 6 heteroatoms. The number of fused-ring (bicyclic) bond motifs is 1. The van der Waals surface area contributed by atoms with E-state index in [2.05, 4.69) is 15.6 Å². The van der Waals surface area contributed by atoms with Crippen molar-refractivity contribution in [2.45, 2.75) is 12.3 Å². The van der Waals surface area contributed by atoms with Gasteiger partial charge in [-0.05, 0) is 29.8 Å². The van der Waals surface area contributed by atoms with Crippen molar-refractivity contribution in [3.63, 3.8) is 0 Å². The van der Waals surface area contributed by atoms with Gasteiger partial charge in [-0.15, -0.1) is 0 Å². The molecule has 1 amide bonds. The number of halogens is 1. The lowest BCUT2D eigenvalue weighted by Crippen LogP contribution is -2.22. The smallest absolute Gasteiger partial charge is 0.226 e. The molecule has 1 aliphatic heterocycles. The number of carbonyl (C=O) groups excluding carboxylic acids is 1. The summed E-state index contributed by atoms with van der Waals surface area (Å²) in [7, 11) is 0. The van der Waals surface area contributed by atoms with E-state index in [1.807, 2.05) is 30.3 Å². The average molecular weight is 339 g/mol. The minimum Gasteiger partial charge on any atom is -0.331 e. The number of benzene rings is 2. The van der Waals surface area contributed by atoms with E-state index >= 15 is 0 Å². The molecule has 1 aromatic heterocycles. The third-order valence-electron chi connectivity index (χ3n) is 3.91. The van der Waals surface area contributed by atoms with E-state index < -0.39 is 0 Å². The van der Waals surface area contributed by atoms with Gasteiger partial charge in [0.05, 0.1) is 4.88 Å². The van der Waals surface area contributed by atoms with Crippen LogP contribution in [-0.4, -0.2) is 10.9 Å². The molecule has 0 fully saturated rings. The zero-order valence-electron chi connectivity index (χ0n) is 12.6. The van der Waals surface area contributed by atoms with Gasteiger partial charge in [0, 0.05) is 18.0 Å². The largest absolute Gasteiger partial charge is 0.331 e. The second-order valence-electron chi connectivity index (χ2n) is 5.58. The van der Waals surface area contributed by atoms with Crippen molar-refractivity contribution in [1.82, 2.24) is 4.98 Å². The van der Waals surface area contributed by atoms with E-state index in [0.717, 1.165) is 21.3 Å². The van der Waals surface area contributed by atoms with Gasteiger partial charge in [0.2, 0.25) is 5.91 Å². The fourth-order valence-electron chi connectivity index (χ4n) is 2.78. The van der Waals surface area contributed by atoms with Crippen molar-refractivity contribution in [3.05, 3.63) is 70.9 Å². The Morgan fingerprint density at radius 3 is 2.62 bits per heavy atom. The molecule has 1 unspecified atom stereocenters. The van der Waals surface area contributed by atoms with Crippen LogP contribution in [-0.2, 0) is 4.79 Å². The van der Waals surface area contributed by atoms with E-state index in [1.54, 1.807) is 12.1 Å². The minimum atomic E-state index is -0.282. The number of nitrogens with zero attached hydrogens (tertiary/aromatic N) is 1. The summed E-state index contributed by atoms with van der Waals surface area (Å²) >= 11 is 1.51. The zero-order valence-corrected chi connectivity index (χ0v) is 13.4. The molecule has 4 rings (SSSR count). The Bertz CT molecular complexity index is 877. The number of nitrogens with one attached hydrogen (secondary N) is 2. The van der Waals surface area contributed by atoms with Gasteiger partial charge in [0.1, 0.15) is 11.6 Å². The first-order chi connectivity index (χ1) is 11.7. The van der Waals surface area contributed by atoms with Crippen molar-refractivity contribution in [2.24, 2.45) is 0 Å². The van der Waals surface area contributed by atoms with Crippen molar-refractivity contribution in [2.75, 3.05) is 10.6 Å². The zero-order chi connectivity index (χ0) is 16.5. The fraction of sp³-hybridized carbons (Fsp3) is 0.111. The average Bonchev–Trinajstić information content (AvgIpc) is 2.98. The summed E-state index contributed by atoms with van der Waals surface area (Å²) in [4.78, 5) is 17.5. The third-order valence-corrected chi connectivity index (χ3v) is 5.00. The van der Waals surface area contributed by atoms with Crippen LogP contribution in [0.1, 0.15) is 22.8 Å². The summed E-state index contributed by atoms with van der Waals surface area (Å²) in [5.74, 6) is 0.130. The van der Waals surface area contributed by atoms with Crippen LogP contribution < -0.4 is 10.6 Å². The van der Waals surface area contributed by atoms with Crippen LogP contribution in [0.4, 0.5) is 21.0 Å². The van der Waals surface area contributed by atoms with Gasteiger partial charge in [-0.2, -0.15) is 0 Å². The molecule has 2 N–H and O–H groups in total. The molecule has 4 nitrogen and oxygen atoms in total. The number of thiazole rings is 1. The summed E-state index contributed by atoms with van der Waals surface area (Å²) < 4.78 is 13.2.